The molecule has 3 atom stereocenters. The predicted octanol–water partition coefficient (Wildman–Crippen LogP) is 2.76. The van der Waals surface area contributed by atoms with Crippen LogP contribution >= 0.6 is 23.2 Å². The highest BCUT2D eigenvalue weighted by Gasteiger charge is 2.43. The van der Waals surface area contributed by atoms with E-state index in [0.717, 1.165) is 6.42 Å². The van der Waals surface area contributed by atoms with Gasteiger partial charge in [-0.3, -0.25) is 0 Å². The maximum atomic E-state index is 6.13. The quantitative estimate of drug-likeness (QED) is 0.784. The zero-order chi connectivity index (χ0) is 14.5. The molecule has 1 fully saturated rings. The summed E-state index contributed by atoms with van der Waals surface area (Å²) >= 11 is 12.1. The third kappa shape index (κ3) is 3.57. The molecule has 3 unspecified atom stereocenters. The average Bonchev–Trinajstić information content (AvgIpc) is 2.43. The van der Waals surface area contributed by atoms with Crippen molar-refractivity contribution in [3.63, 3.8) is 0 Å². The third-order valence-electron chi connectivity index (χ3n) is 3.41. The SMILES string of the molecule is CNC1CC(Oc2cccc(Cl)c2Cl)C1OCCOC. The van der Waals surface area contributed by atoms with Gasteiger partial charge in [-0.2, -0.15) is 0 Å². The molecule has 0 spiro atoms. The number of halogens is 2. The Bertz CT molecular complexity index is 444. The largest absolute Gasteiger partial charge is 0.486 e. The lowest BCUT2D eigenvalue weighted by Gasteiger charge is -2.43. The van der Waals surface area contributed by atoms with Gasteiger partial charge in [0.25, 0.3) is 0 Å². The lowest BCUT2D eigenvalue weighted by Crippen LogP contribution is -2.60. The van der Waals surface area contributed by atoms with Gasteiger partial charge in [0.2, 0.25) is 0 Å². The van der Waals surface area contributed by atoms with Crippen molar-refractivity contribution in [2.75, 3.05) is 27.4 Å². The zero-order valence-corrected chi connectivity index (χ0v) is 13.1. The topological polar surface area (TPSA) is 39.7 Å². The fourth-order valence-electron chi connectivity index (χ4n) is 2.21. The average molecular weight is 320 g/mol. The third-order valence-corrected chi connectivity index (χ3v) is 4.21. The van der Waals surface area contributed by atoms with Gasteiger partial charge >= 0.3 is 0 Å². The number of rotatable bonds is 7. The molecular weight excluding hydrogens is 301 g/mol. The van der Waals surface area contributed by atoms with Crippen LogP contribution in [0.15, 0.2) is 18.2 Å². The number of likely N-dealkylation sites (N-methyl/N-ethyl adjacent to an activating group) is 1. The van der Waals surface area contributed by atoms with Crippen molar-refractivity contribution < 1.29 is 14.2 Å². The fourth-order valence-corrected chi connectivity index (χ4v) is 2.54. The Morgan fingerprint density at radius 2 is 2.10 bits per heavy atom. The van der Waals surface area contributed by atoms with E-state index in [1.807, 2.05) is 19.2 Å². The van der Waals surface area contributed by atoms with Crippen LogP contribution in [0.4, 0.5) is 0 Å². The van der Waals surface area contributed by atoms with Crippen LogP contribution in [-0.2, 0) is 9.47 Å². The van der Waals surface area contributed by atoms with Crippen LogP contribution in [0.25, 0.3) is 0 Å². The van der Waals surface area contributed by atoms with E-state index < -0.39 is 0 Å². The number of hydrogen-bond acceptors (Lipinski definition) is 4. The molecule has 1 aromatic rings. The molecule has 1 saturated carbocycles. The molecule has 2 rings (SSSR count). The molecule has 112 valence electrons. The van der Waals surface area contributed by atoms with E-state index in [1.54, 1.807) is 13.2 Å². The first-order valence-electron chi connectivity index (χ1n) is 6.55. The number of methoxy groups -OCH3 is 1. The molecule has 0 aliphatic heterocycles. The molecule has 1 aliphatic carbocycles. The highest BCUT2D eigenvalue weighted by Crippen LogP contribution is 2.36. The van der Waals surface area contributed by atoms with Crippen molar-refractivity contribution >= 4 is 23.2 Å². The minimum Gasteiger partial charge on any atom is -0.486 e. The van der Waals surface area contributed by atoms with Crippen LogP contribution in [0.2, 0.25) is 10.0 Å². The van der Waals surface area contributed by atoms with Gasteiger partial charge in [-0.25, -0.2) is 0 Å². The monoisotopic (exact) mass is 319 g/mol. The molecule has 0 aromatic heterocycles. The molecule has 1 aliphatic rings. The minimum atomic E-state index is -0.0275. The van der Waals surface area contributed by atoms with Gasteiger partial charge in [-0.05, 0) is 19.2 Å². The molecule has 0 bridgehead atoms. The van der Waals surface area contributed by atoms with Crippen molar-refractivity contribution in [3.8, 4) is 5.75 Å². The van der Waals surface area contributed by atoms with E-state index in [-0.39, 0.29) is 18.2 Å². The Morgan fingerprint density at radius 3 is 2.80 bits per heavy atom. The summed E-state index contributed by atoms with van der Waals surface area (Å²) in [6.07, 6.45) is 0.835. The zero-order valence-electron chi connectivity index (χ0n) is 11.6. The second-order valence-electron chi connectivity index (χ2n) is 4.67. The summed E-state index contributed by atoms with van der Waals surface area (Å²) in [7, 11) is 3.57. The summed E-state index contributed by atoms with van der Waals surface area (Å²) in [4.78, 5) is 0. The molecule has 0 heterocycles. The Labute approximate surface area is 129 Å². The second-order valence-corrected chi connectivity index (χ2v) is 5.45. The molecule has 1 aromatic carbocycles. The number of benzene rings is 1. The summed E-state index contributed by atoms with van der Waals surface area (Å²) < 4.78 is 16.7. The van der Waals surface area contributed by atoms with Gasteiger partial charge in [0, 0.05) is 19.6 Å². The maximum Gasteiger partial charge on any atom is 0.139 e. The van der Waals surface area contributed by atoms with Gasteiger partial charge in [-0.1, -0.05) is 29.3 Å². The van der Waals surface area contributed by atoms with Crippen molar-refractivity contribution in [2.45, 2.75) is 24.7 Å². The highest BCUT2D eigenvalue weighted by molar-refractivity contribution is 6.42. The van der Waals surface area contributed by atoms with E-state index in [9.17, 15) is 0 Å². The number of ether oxygens (including phenoxy) is 3. The van der Waals surface area contributed by atoms with Crippen molar-refractivity contribution in [3.05, 3.63) is 28.2 Å². The van der Waals surface area contributed by atoms with Crippen LogP contribution in [0.1, 0.15) is 6.42 Å². The number of hydrogen-bond donors (Lipinski definition) is 1. The van der Waals surface area contributed by atoms with Crippen LogP contribution < -0.4 is 10.1 Å². The summed E-state index contributed by atoms with van der Waals surface area (Å²) in [5, 5.41) is 4.15. The van der Waals surface area contributed by atoms with Gasteiger partial charge in [0.15, 0.2) is 0 Å². The van der Waals surface area contributed by atoms with Crippen molar-refractivity contribution in [1.82, 2.24) is 5.32 Å². The van der Waals surface area contributed by atoms with Crippen molar-refractivity contribution in [1.29, 1.82) is 0 Å². The maximum absolute atomic E-state index is 6.13. The smallest absolute Gasteiger partial charge is 0.139 e. The first-order valence-corrected chi connectivity index (χ1v) is 7.31. The highest BCUT2D eigenvalue weighted by atomic mass is 35.5. The van der Waals surface area contributed by atoms with Crippen LogP contribution in [-0.4, -0.2) is 45.6 Å². The predicted molar refractivity (Wildman–Crippen MR) is 80.0 cm³/mol. The van der Waals surface area contributed by atoms with E-state index >= 15 is 0 Å². The molecule has 0 saturated heterocycles. The van der Waals surface area contributed by atoms with Gasteiger partial charge in [0.05, 0.1) is 18.2 Å². The first-order chi connectivity index (χ1) is 9.67. The Hall–Kier alpha value is -0.520. The first kappa shape index (κ1) is 15.9. The molecule has 0 amide bonds. The Kier molecular flexibility index (Phi) is 5.93. The van der Waals surface area contributed by atoms with Crippen LogP contribution in [0.3, 0.4) is 0 Å². The molecule has 20 heavy (non-hydrogen) atoms. The Morgan fingerprint density at radius 1 is 1.30 bits per heavy atom. The van der Waals surface area contributed by atoms with Crippen molar-refractivity contribution in [2.24, 2.45) is 0 Å². The van der Waals surface area contributed by atoms with Gasteiger partial charge < -0.3 is 19.5 Å². The molecule has 4 nitrogen and oxygen atoms in total. The number of nitrogens with one attached hydrogen (secondary N) is 1. The summed E-state index contributed by atoms with van der Waals surface area (Å²) in [5.41, 5.74) is 0. The molecule has 0 radical (unpaired) electrons. The Balaban J connectivity index is 1.96. The molecule has 1 N–H and O–H groups in total. The molecule has 6 heteroatoms. The second kappa shape index (κ2) is 7.48. The van der Waals surface area contributed by atoms with Gasteiger partial charge in [0.1, 0.15) is 23.0 Å². The lowest BCUT2D eigenvalue weighted by atomic mass is 9.85. The van der Waals surface area contributed by atoms with Crippen LogP contribution in [0, 0.1) is 0 Å². The van der Waals surface area contributed by atoms with Gasteiger partial charge in [-0.15, -0.1) is 0 Å². The van der Waals surface area contributed by atoms with E-state index in [4.69, 9.17) is 37.4 Å². The normalized spacial score (nSPS) is 25.3. The summed E-state index contributed by atoms with van der Waals surface area (Å²) in [6.45, 7) is 1.11. The minimum absolute atomic E-state index is 0.00908. The van der Waals surface area contributed by atoms with E-state index in [2.05, 4.69) is 5.32 Å². The van der Waals surface area contributed by atoms with E-state index in [0.29, 0.717) is 29.0 Å². The summed E-state index contributed by atoms with van der Waals surface area (Å²) in [6, 6.07) is 5.65. The fraction of sp³-hybridized carbons (Fsp3) is 0.571. The van der Waals surface area contributed by atoms with Crippen LogP contribution in [0.5, 0.6) is 5.75 Å². The molecular formula is C14H19Cl2NO3. The standard InChI is InChI=1S/C14H19Cl2NO3/c1-17-10-8-12(14(10)19-7-6-18-2)20-11-5-3-4-9(15)13(11)16/h3-5,10,12,14,17H,6-8H2,1-2H3. The van der Waals surface area contributed by atoms with E-state index in [1.165, 1.54) is 0 Å². The summed E-state index contributed by atoms with van der Waals surface area (Å²) in [5.74, 6) is 0.596. The lowest BCUT2D eigenvalue weighted by molar-refractivity contribution is -0.114.